The predicted octanol–water partition coefficient (Wildman–Crippen LogP) is 4.95. The van der Waals surface area contributed by atoms with Gasteiger partial charge in [-0.15, -0.1) is 11.3 Å². The predicted molar refractivity (Wildman–Crippen MR) is 102 cm³/mol. The van der Waals surface area contributed by atoms with Crippen LogP contribution in [0.25, 0.3) is 15.7 Å². The van der Waals surface area contributed by atoms with Gasteiger partial charge < -0.3 is 10.4 Å². The Kier molecular flexibility index (Phi) is 4.67. The summed E-state index contributed by atoms with van der Waals surface area (Å²) in [5, 5.41) is 15.2. The van der Waals surface area contributed by atoms with Crippen molar-refractivity contribution >= 4 is 44.6 Å². The van der Waals surface area contributed by atoms with E-state index in [9.17, 15) is 14.7 Å². The number of fused-ring (bicyclic) bond motifs is 1. The molecule has 4 nitrogen and oxygen atoms in total. The van der Waals surface area contributed by atoms with E-state index >= 15 is 0 Å². The number of carboxylic acids is 1. The van der Waals surface area contributed by atoms with Crippen LogP contribution in [0.2, 0.25) is 0 Å². The van der Waals surface area contributed by atoms with E-state index in [0.29, 0.717) is 11.3 Å². The van der Waals surface area contributed by atoms with Gasteiger partial charge in [-0.25, -0.2) is 4.79 Å². The van der Waals surface area contributed by atoms with Gasteiger partial charge in [0.2, 0.25) is 5.91 Å². The van der Waals surface area contributed by atoms with Crippen molar-refractivity contribution in [2.75, 3.05) is 5.32 Å². The number of nitrogens with one attached hydrogen (secondary N) is 1. The van der Waals surface area contributed by atoms with Gasteiger partial charge in [0.15, 0.2) is 0 Å². The Bertz CT molecular complexity index is 1000. The molecule has 1 amide bonds. The monoisotopic (exact) mass is 351 g/mol. The Balaban J connectivity index is 1.86. The van der Waals surface area contributed by atoms with Crippen LogP contribution in [0.3, 0.4) is 0 Å². The molecule has 1 aromatic heterocycles. The molecule has 2 N–H and O–H groups in total. The van der Waals surface area contributed by atoms with Crippen LogP contribution >= 0.6 is 11.3 Å². The van der Waals surface area contributed by atoms with Crippen molar-refractivity contribution < 1.29 is 14.7 Å². The molecule has 0 unspecified atom stereocenters. The average molecular weight is 351 g/mol. The van der Waals surface area contributed by atoms with E-state index in [-0.39, 0.29) is 11.5 Å². The molecule has 0 saturated carbocycles. The second-order valence-corrected chi connectivity index (χ2v) is 6.74. The molecule has 0 atom stereocenters. The summed E-state index contributed by atoms with van der Waals surface area (Å²) in [5.74, 6) is -1.41. The molecule has 0 aliphatic carbocycles. The second kappa shape index (κ2) is 6.91. The lowest BCUT2D eigenvalue weighted by Crippen LogP contribution is -2.13. The van der Waals surface area contributed by atoms with E-state index in [1.165, 1.54) is 17.5 Å². The van der Waals surface area contributed by atoms with Gasteiger partial charge >= 0.3 is 5.97 Å². The first-order valence-electron chi connectivity index (χ1n) is 7.75. The lowest BCUT2D eigenvalue weighted by molar-refractivity contribution is -0.111. The van der Waals surface area contributed by atoms with Crippen LogP contribution in [0.1, 0.15) is 28.4 Å². The number of anilines is 1. The number of carbonyl (C=O) groups excluding carboxylic acids is 1. The van der Waals surface area contributed by atoms with Crippen LogP contribution in [-0.2, 0) is 4.79 Å². The lowest BCUT2D eigenvalue weighted by atomic mass is 10.1. The van der Waals surface area contributed by atoms with Gasteiger partial charge in [0.25, 0.3) is 0 Å². The summed E-state index contributed by atoms with van der Waals surface area (Å²) in [6.45, 7) is 3.63. The first kappa shape index (κ1) is 16.9. The number of benzene rings is 2. The molecule has 3 aromatic rings. The maximum Gasteiger partial charge on any atom is 0.337 e. The highest BCUT2D eigenvalue weighted by Crippen LogP contribution is 2.26. The van der Waals surface area contributed by atoms with E-state index < -0.39 is 5.97 Å². The number of aryl methyl sites for hydroxylation is 1. The molecule has 2 aromatic carbocycles. The maximum atomic E-state index is 12.4. The van der Waals surface area contributed by atoms with Crippen molar-refractivity contribution in [2.45, 2.75) is 13.8 Å². The van der Waals surface area contributed by atoms with E-state index in [2.05, 4.69) is 17.4 Å². The van der Waals surface area contributed by atoms with Gasteiger partial charge in [-0.2, -0.15) is 0 Å². The largest absolute Gasteiger partial charge is 0.478 e. The number of hydrogen-bond donors (Lipinski definition) is 2. The molecule has 0 aliphatic rings. The Morgan fingerprint density at radius 3 is 2.72 bits per heavy atom. The fourth-order valence-electron chi connectivity index (χ4n) is 2.65. The number of allylic oxidation sites excluding steroid dienone is 1. The van der Waals surface area contributed by atoms with Gasteiger partial charge in [0, 0.05) is 10.8 Å². The Hall–Kier alpha value is -2.92. The summed E-state index contributed by atoms with van der Waals surface area (Å²) in [6.07, 6.45) is 1.49. The Labute approximate surface area is 149 Å². The van der Waals surface area contributed by atoms with E-state index in [4.69, 9.17) is 0 Å². The molecule has 3 rings (SSSR count). The molecular weight excluding hydrogens is 334 g/mol. The molecular formula is C20H17NO3S. The number of rotatable bonds is 4. The van der Waals surface area contributed by atoms with Crippen molar-refractivity contribution in [1.29, 1.82) is 0 Å². The summed E-state index contributed by atoms with van der Waals surface area (Å²) < 4.78 is 1.16. The topological polar surface area (TPSA) is 66.4 Å². The zero-order valence-electron chi connectivity index (χ0n) is 13.9. The highest BCUT2D eigenvalue weighted by Gasteiger charge is 2.13. The summed E-state index contributed by atoms with van der Waals surface area (Å²) >= 11 is 1.65. The van der Waals surface area contributed by atoms with Crippen molar-refractivity contribution in [2.24, 2.45) is 0 Å². The Morgan fingerprint density at radius 1 is 1.16 bits per heavy atom. The van der Waals surface area contributed by atoms with Crippen molar-refractivity contribution in [1.82, 2.24) is 0 Å². The van der Waals surface area contributed by atoms with Crippen LogP contribution in [0, 0.1) is 6.92 Å². The second-order valence-electron chi connectivity index (χ2n) is 5.79. The van der Waals surface area contributed by atoms with Crippen LogP contribution < -0.4 is 5.32 Å². The smallest absolute Gasteiger partial charge is 0.337 e. The normalized spacial score (nSPS) is 11.5. The minimum Gasteiger partial charge on any atom is -0.478 e. The van der Waals surface area contributed by atoms with Crippen LogP contribution in [0.4, 0.5) is 5.69 Å². The number of aromatic carboxylic acids is 1. The minimum absolute atomic E-state index is 0.0828. The van der Waals surface area contributed by atoms with E-state index in [1.54, 1.807) is 30.4 Å². The van der Waals surface area contributed by atoms with Gasteiger partial charge in [-0.1, -0.05) is 24.3 Å². The maximum absolute atomic E-state index is 12.4. The quantitative estimate of drug-likeness (QED) is 0.654. The van der Waals surface area contributed by atoms with Crippen molar-refractivity contribution in [3.63, 3.8) is 0 Å². The third-order valence-electron chi connectivity index (χ3n) is 4.01. The number of hydrogen-bond acceptors (Lipinski definition) is 3. The molecule has 0 bridgehead atoms. The number of carbonyl (C=O) groups is 2. The van der Waals surface area contributed by atoms with Gasteiger partial charge in [0.05, 0.1) is 11.3 Å². The van der Waals surface area contributed by atoms with Crippen molar-refractivity contribution in [3.8, 4) is 0 Å². The first-order valence-corrected chi connectivity index (χ1v) is 8.63. The highest BCUT2D eigenvalue weighted by atomic mass is 32.1. The van der Waals surface area contributed by atoms with E-state index in [0.717, 1.165) is 15.8 Å². The molecule has 25 heavy (non-hydrogen) atoms. The lowest BCUT2D eigenvalue weighted by Gasteiger charge is -2.10. The summed E-state index contributed by atoms with van der Waals surface area (Å²) in [4.78, 5) is 23.7. The molecule has 0 saturated heterocycles. The van der Waals surface area contributed by atoms with Gasteiger partial charge in [-0.05, 0) is 59.5 Å². The third kappa shape index (κ3) is 3.61. The molecule has 0 fully saturated rings. The molecule has 1 heterocycles. The standard InChI is InChI=1S/C20H17NO3S/c1-12-4-3-5-16(20(23)24)19(12)21-18(22)10-13(2)15-7-6-14-8-9-25-17(14)11-15/h3-11H,1-2H3,(H,21,22)(H,23,24). The third-order valence-corrected chi connectivity index (χ3v) is 4.89. The van der Waals surface area contributed by atoms with Crippen molar-refractivity contribution in [3.05, 3.63) is 70.6 Å². The summed E-state index contributed by atoms with van der Waals surface area (Å²) in [7, 11) is 0. The molecule has 0 aliphatic heterocycles. The minimum atomic E-state index is -1.07. The fraction of sp³-hybridized carbons (Fsp3) is 0.100. The number of thiophene rings is 1. The highest BCUT2D eigenvalue weighted by molar-refractivity contribution is 7.17. The SMILES string of the molecule is CC(=CC(=O)Nc1c(C)cccc1C(=O)O)c1ccc2ccsc2c1. The molecule has 0 radical (unpaired) electrons. The molecule has 5 heteroatoms. The fourth-order valence-corrected chi connectivity index (χ4v) is 3.48. The summed E-state index contributed by atoms with van der Waals surface area (Å²) in [6, 6.07) is 13.0. The summed E-state index contributed by atoms with van der Waals surface area (Å²) in [5.41, 5.74) is 2.91. The average Bonchev–Trinajstić information content (AvgIpc) is 3.03. The molecule has 126 valence electrons. The van der Waals surface area contributed by atoms with Crippen LogP contribution in [0.5, 0.6) is 0 Å². The number of carboxylic acid groups (broad SMARTS) is 1. The van der Waals surface area contributed by atoms with Gasteiger partial charge in [-0.3, -0.25) is 4.79 Å². The first-order chi connectivity index (χ1) is 12.0. The van der Waals surface area contributed by atoms with Crippen LogP contribution in [0.15, 0.2) is 53.9 Å². The van der Waals surface area contributed by atoms with Crippen LogP contribution in [-0.4, -0.2) is 17.0 Å². The van der Waals surface area contributed by atoms with E-state index in [1.807, 2.05) is 24.4 Å². The Morgan fingerprint density at radius 2 is 1.96 bits per heavy atom. The van der Waals surface area contributed by atoms with Gasteiger partial charge in [0.1, 0.15) is 0 Å². The molecule has 0 spiro atoms. The zero-order chi connectivity index (χ0) is 18.0. The zero-order valence-corrected chi connectivity index (χ0v) is 14.7. The number of amides is 1. The number of para-hydroxylation sites is 1.